The second-order valence-corrected chi connectivity index (χ2v) is 7.81. The zero-order valence-corrected chi connectivity index (χ0v) is 15.5. The van der Waals surface area contributed by atoms with E-state index in [1.54, 1.807) is 0 Å². The summed E-state index contributed by atoms with van der Waals surface area (Å²) in [7, 11) is 0. The number of fused-ring (bicyclic) bond motifs is 1. The van der Waals surface area contributed by atoms with Gasteiger partial charge in [0.1, 0.15) is 12.4 Å². The van der Waals surface area contributed by atoms with Gasteiger partial charge in [-0.1, -0.05) is 18.2 Å². The lowest BCUT2D eigenvalue weighted by Crippen LogP contribution is -2.30. The molecule has 0 aromatic heterocycles. The fourth-order valence-corrected chi connectivity index (χ4v) is 4.53. The van der Waals surface area contributed by atoms with Gasteiger partial charge in [0.05, 0.1) is 12.1 Å². The second kappa shape index (κ2) is 8.14. The van der Waals surface area contributed by atoms with Crippen LogP contribution in [0.4, 0.5) is 0 Å². The Hall–Kier alpha value is -1.98. The van der Waals surface area contributed by atoms with Gasteiger partial charge in [0, 0.05) is 22.8 Å². The van der Waals surface area contributed by atoms with Crippen LogP contribution in [-0.4, -0.2) is 31.0 Å². The molecule has 1 saturated heterocycles. The second-order valence-electron chi connectivity index (χ2n) is 6.67. The lowest BCUT2D eigenvalue weighted by atomic mass is 10.0. The molecule has 0 unspecified atom stereocenters. The van der Waals surface area contributed by atoms with Crippen LogP contribution < -0.4 is 10.1 Å². The van der Waals surface area contributed by atoms with Crippen molar-refractivity contribution in [2.75, 3.05) is 19.0 Å². The Labute approximate surface area is 158 Å². The largest absolute Gasteiger partial charge is 0.491 e. The number of carbonyl (C=O) groups is 1. The van der Waals surface area contributed by atoms with Crippen LogP contribution in [0, 0.1) is 0 Å². The van der Waals surface area contributed by atoms with Crippen LogP contribution in [0.25, 0.3) is 0 Å². The number of rotatable bonds is 5. The van der Waals surface area contributed by atoms with Crippen molar-refractivity contribution < 1.29 is 14.3 Å². The van der Waals surface area contributed by atoms with Gasteiger partial charge in [-0.15, -0.1) is 11.8 Å². The number of amides is 1. The lowest BCUT2D eigenvalue weighted by Gasteiger charge is -2.25. The zero-order chi connectivity index (χ0) is 17.8. The van der Waals surface area contributed by atoms with Gasteiger partial charge < -0.3 is 14.8 Å². The van der Waals surface area contributed by atoms with E-state index in [1.807, 2.05) is 48.2 Å². The molecule has 2 aromatic rings. The first-order valence-corrected chi connectivity index (χ1v) is 10.2. The average Bonchev–Trinajstić information content (AvgIpc) is 3.21. The van der Waals surface area contributed by atoms with Crippen molar-refractivity contribution in [3.8, 4) is 5.75 Å². The predicted octanol–water partition coefficient (Wildman–Crippen LogP) is 4.21. The molecule has 2 aromatic carbocycles. The van der Waals surface area contributed by atoms with Crippen molar-refractivity contribution in [2.24, 2.45) is 0 Å². The molecule has 1 fully saturated rings. The molecule has 0 saturated carbocycles. The number of hydrogen-bond donors (Lipinski definition) is 1. The van der Waals surface area contributed by atoms with Crippen LogP contribution >= 0.6 is 11.8 Å². The fourth-order valence-electron chi connectivity index (χ4n) is 3.40. The Balaban J connectivity index is 1.36. The number of carbonyl (C=O) groups excluding carboxylic acids is 1. The van der Waals surface area contributed by atoms with Gasteiger partial charge >= 0.3 is 0 Å². The van der Waals surface area contributed by atoms with Gasteiger partial charge in [-0.2, -0.15) is 0 Å². The summed E-state index contributed by atoms with van der Waals surface area (Å²) in [5.74, 6) is 1.76. The summed E-state index contributed by atoms with van der Waals surface area (Å²) in [6.07, 6.45) is 3.32. The van der Waals surface area contributed by atoms with Crippen LogP contribution in [-0.2, 0) is 4.74 Å². The van der Waals surface area contributed by atoms with E-state index in [2.05, 4.69) is 17.4 Å². The van der Waals surface area contributed by atoms with E-state index in [0.29, 0.717) is 12.2 Å². The molecule has 26 heavy (non-hydrogen) atoms. The minimum Gasteiger partial charge on any atom is -0.491 e. The smallest absolute Gasteiger partial charge is 0.251 e. The number of nitrogens with one attached hydrogen (secondary N) is 1. The molecule has 2 atom stereocenters. The maximum absolute atomic E-state index is 12.6. The molecular formula is C21H23NO3S. The summed E-state index contributed by atoms with van der Waals surface area (Å²) in [5, 5.41) is 3.17. The topological polar surface area (TPSA) is 47.6 Å². The van der Waals surface area contributed by atoms with E-state index < -0.39 is 0 Å². The lowest BCUT2D eigenvalue weighted by molar-refractivity contribution is 0.0679. The molecule has 0 bridgehead atoms. The van der Waals surface area contributed by atoms with Gasteiger partial charge in [-0.3, -0.25) is 4.79 Å². The van der Waals surface area contributed by atoms with Crippen LogP contribution in [0.5, 0.6) is 5.75 Å². The summed E-state index contributed by atoms with van der Waals surface area (Å²) < 4.78 is 11.3. The third kappa shape index (κ3) is 4.05. The predicted molar refractivity (Wildman–Crippen MR) is 103 cm³/mol. The van der Waals surface area contributed by atoms with Crippen molar-refractivity contribution in [3.63, 3.8) is 0 Å². The molecule has 2 heterocycles. The van der Waals surface area contributed by atoms with E-state index in [4.69, 9.17) is 9.47 Å². The fraction of sp³-hybridized carbons (Fsp3) is 0.381. The maximum atomic E-state index is 12.6. The molecule has 4 rings (SSSR count). The number of ether oxygens (including phenoxy) is 2. The molecule has 0 spiro atoms. The van der Waals surface area contributed by atoms with Crippen LogP contribution in [0.1, 0.15) is 41.2 Å². The third-order valence-electron chi connectivity index (χ3n) is 4.84. The first-order chi connectivity index (χ1) is 12.8. The molecule has 0 aliphatic carbocycles. The van der Waals surface area contributed by atoms with Gasteiger partial charge in [0.25, 0.3) is 5.91 Å². The SMILES string of the molecule is O=C(N[C@@H]1CCSc2ccccc21)c1ccc(OC[C@@H]2CCCO2)cc1. The van der Waals surface area contributed by atoms with Gasteiger partial charge in [-0.05, 0) is 55.2 Å². The Morgan fingerprint density at radius 3 is 2.81 bits per heavy atom. The quantitative estimate of drug-likeness (QED) is 0.858. The van der Waals surface area contributed by atoms with Crippen molar-refractivity contribution in [1.82, 2.24) is 5.32 Å². The van der Waals surface area contributed by atoms with Gasteiger partial charge in [0.15, 0.2) is 0 Å². The summed E-state index contributed by atoms with van der Waals surface area (Å²) in [6, 6.07) is 15.7. The zero-order valence-electron chi connectivity index (χ0n) is 14.6. The van der Waals surface area contributed by atoms with E-state index in [0.717, 1.165) is 37.4 Å². The highest BCUT2D eigenvalue weighted by molar-refractivity contribution is 7.99. The van der Waals surface area contributed by atoms with Crippen molar-refractivity contribution >= 4 is 17.7 Å². The van der Waals surface area contributed by atoms with Gasteiger partial charge in [0.2, 0.25) is 0 Å². The molecule has 0 radical (unpaired) electrons. The Morgan fingerprint density at radius 2 is 2.00 bits per heavy atom. The van der Waals surface area contributed by atoms with E-state index in [9.17, 15) is 4.79 Å². The molecular weight excluding hydrogens is 346 g/mol. The number of thioether (sulfide) groups is 1. The van der Waals surface area contributed by atoms with Crippen molar-refractivity contribution in [1.29, 1.82) is 0 Å². The molecule has 2 aliphatic rings. The van der Waals surface area contributed by atoms with E-state index >= 15 is 0 Å². The van der Waals surface area contributed by atoms with E-state index in [1.165, 1.54) is 10.5 Å². The van der Waals surface area contributed by atoms with Crippen LogP contribution in [0.15, 0.2) is 53.4 Å². The molecule has 1 N–H and O–H groups in total. The van der Waals surface area contributed by atoms with E-state index in [-0.39, 0.29) is 18.1 Å². The van der Waals surface area contributed by atoms with Gasteiger partial charge in [-0.25, -0.2) is 0 Å². The maximum Gasteiger partial charge on any atom is 0.251 e. The normalized spacial score (nSPS) is 21.8. The molecule has 4 nitrogen and oxygen atoms in total. The van der Waals surface area contributed by atoms with Crippen LogP contribution in [0.3, 0.4) is 0 Å². The Bertz CT molecular complexity index is 756. The van der Waals surface area contributed by atoms with Crippen molar-refractivity contribution in [2.45, 2.75) is 36.3 Å². The highest BCUT2D eigenvalue weighted by Crippen LogP contribution is 2.35. The highest BCUT2D eigenvalue weighted by Gasteiger charge is 2.22. The summed E-state index contributed by atoms with van der Waals surface area (Å²) in [6.45, 7) is 1.40. The number of hydrogen-bond acceptors (Lipinski definition) is 4. The first-order valence-electron chi connectivity index (χ1n) is 9.16. The van der Waals surface area contributed by atoms with Crippen molar-refractivity contribution in [3.05, 3.63) is 59.7 Å². The summed E-state index contributed by atoms with van der Waals surface area (Å²) in [5.41, 5.74) is 1.87. The average molecular weight is 369 g/mol. The highest BCUT2D eigenvalue weighted by atomic mass is 32.2. The van der Waals surface area contributed by atoms with Crippen LogP contribution in [0.2, 0.25) is 0 Å². The molecule has 1 amide bonds. The Kier molecular flexibility index (Phi) is 5.46. The molecule has 5 heteroatoms. The third-order valence-corrected chi connectivity index (χ3v) is 5.96. The minimum atomic E-state index is -0.0395. The standard InChI is InChI=1S/C21H23NO3S/c23-21(22-19-11-13-26-20-6-2-1-5-18(19)20)15-7-9-16(10-8-15)25-14-17-4-3-12-24-17/h1-2,5-10,17,19H,3-4,11-14H2,(H,22,23)/t17-,19+/m0/s1. The molecule has 136 valence electrons. The molecule has 2 aliphatic heterocycles. The monoisotopic (exact) mass is 369 g/mol. The number of benzene rings is 2. The first kappa shape index (κ1) is 17.4. The minimum absolute atomic E-state index is 0.0395. The summed E-state index contributed by atoms with van der Waals surface area (Å²) >= 11 is 1.86. The summed E-state index contributed by atoms with van der Waals surface area (Å²) in [4.78, 5) is 13.9. The Morgan fingerprint density at radius 1 is 1.15 bits per heavy atom.